The number of fused-ring (bicyclic) bond motifs is 1. The molecule has 0 spiro atoms. The summed E-state index contributed by atoms with van der Waals surface area (Å²) in [5.74, 6) is 0.666. The second kappa shape index (κ2) is 1.98. The van der Waals surface area contributed by atoms with Gasteiger partial charge < -0.3 is 11.1 Å². The predicted molar refractivity (Wildman–Crippen MR) is 42.9 cm³/mol. The van der Waals surface area contributed by atoms with Gasteiger partial charge in [0.15, 0.2) is 0 Å². The van der Waals surface area contributed by atoms with E-state index < -0.39 is 0 Å². The first-order chi connectivity index (χ1) is 5.20. The van der Waals surface area contributed by atoms with Gasteiger partial charge in [0.05, 0.1) is 5.69 Å². The summed E-state index contributed by atoms with van der Waals surface area (Å²) in [6.07, 6.45) is 0. The van der Waals surface area contributed by atoms with Gasteiger partial charge in [0.2, 0.25) is 0 Å². The van der Waals surface area contributed by atoms with Crippen molar-refractivity contribution in [1.82, 2.24) is 15.1 Å². The largest absolute Gasteiger partial charge is 0.382 e. The minimum Gasteiger partial charge on any atom is -0.382 e. The van der Waals surface area contributed by atoms with Crippen molar-refractivity contribution in [1.29, 1.82) is 0 Å². The van der Waals surface area contributed by atoms with Crippen LogP contribution in [0.25, 0.3) is 0 Å². The maximum Gasteiger partial charge on any atom is 0.150 e. The highest BCUT2D eigenvalue weighted by molar-refractivity contribution is 5.45. The van der Waals surface area contributed by atoms with Gasteiger partial charge in [0.25, 0.3) is 0 Å². The van der Waals surface area contributed by atoms with Gasteiger partial charge in [-0.1, -0.05) is 0 Å². The minimum atomic E-state index is 0.389. The number of aromatic nitrogens is 2. The third-order valence-corrected chi connectivity index (χ3v) is 2.22. The SMILES string of the molecule is CC1NCc2c(N)nn(C)c21. The Morgan fingerprint density at radius 1 is 1.73 bits per heavy atom. The molecule has 2 heterocycles. The lowest BCUT2D eigenvalue weighted by Gasteiger charge is -2.04. The molecule has 1 aliphatic rings. The Labute approximate surface area is 65.4 Å². The predicted octanol–water partition coefficient (Wildman–Crippen LogP) is 0.166. The van der Waals surface area contributed by atoms with E-state index in [-0.39, 0.29) is 0 Å². The number of hydrogen-bond acceptors (Lipinski definition) is 3. The van der Waals surface area contributed by atoms with Crippen LogP contribution in [-0.2, 0) is 13.6 Å². The molecule has 0 radical (unpaired) electrons. The molecule has 0 amide bonds. The summed E-state index contributed by atoms with van der Waals surface area (Å²) < 4.78 is 1.86. The Balaban J connectivity index is 2.60. The number of nitrogens with one attached hydrogen (secondary N) is 1. The number of nitrogen functional groups attached to an aromatic ring is 1. The van der Waals surface area contributed by atoms with Crippen LogP contribution in [0.2, 0.25) is 0 Å². The molecule has 11 heavy (non-hydrogen) atoms. The van der Waals surface area contributed by atoms with E-state index in [0.29, 0.717) is 11.9 Å². The molecule has 4 heteroatoms. The summed E-state index contributed by atoms with van der Waals surface area (Å²) in [4.78, 5) is 0. The number of nitrogens with zero attached hydrogens (tertiary/aromatic N) is 2. The van der Waals surface area contributed by atoms with Gasteiger partial charge in [-0.3, -0.25) is 4.68 Å². The first-order valence-corrected chi connectivity index (χ1v) is 3.74. The molecule has 3 N–H and O–H groups in total. The summed E-state index contributed by atoms with van der Waals surface area (Å²) in [6.45, 7) is 2.98. The van der Waals surface area contributed by atoms with Crippen LogP contribution in [0.4, 0.5) is 5.82 Å². The van der Waals surface area contributed by atoms with Crippen LogP contribution in [0.5, 0.6) is 0 Å². The Morgan fingerprint density at radius 2 is 2.45 bits per heavy atom. The van der Waals surface area contributed by atoms with Crippen molar-refractivity contribution in [2.75, 3.05) is 5.73 Å². The lowest BCUT2D eigenvalue weighted by atomic mass is 10.2. The average molecular weight is 152 g/mol. The van der Waals surface area contributed by atoms with Crippen LogP contribution in [-0.4, -0.2) is 9.78 Å². The van der Waals surface area contributed by atoms with Crippen molar-refractivity contribution in [2.45, 2.75) is 19.5 Å². The van der Waals surface area contributed by atoms with Crippen LogP contribution in [0.15, 0.2) is 0 Å². The first kappa shape index (κ1) is 6.67. The quantitative estimate of drug-likeness (QED) is 0.557. The van der Waals surface area contributed by atoms with Crippen molar-refractivity contribution in [2.24, 2.45) is 7.05 Å². The molecule has 1 unspecified atom stereocenters. The number of nitrogens with two attached hydrogens (primary N) is 1. The van der Waals surface area contributed by atoms with Crippen molar-refractivity contribution in [3.05, 3.63) is 11.3 Å². The van der Waals surface area contributed by atoms with Gasteiger partial charge in [0.1, 0.15) is 5.82 Å². The van der Waals surface area contributed by atoms with Crippen LogP contribution >= 0.6 is 0 Å². The Kier molecular flexibility index (Phi) is 1.20. The third-order valence-electron chi connectivity index (χ3n) is 2.22. The number of aryl methyl sites for hydroxylation is 1. The van der Waals surface area contributed by atoms with Crippen LogP contribution in [0.1, 0.15) is 24.2 Å². The van der Waals surface area contributed by atoms with E-state index in [4.69, 9.17) is 5.73 Å². The maximum atomic E-state index is 5.68. The molecule has 1 aromatic rings. The molecule has 4 nitrogen and oxygen atoms in total. The van der Waals surface area contributed by atoms with E-state index in [0.717, 1.165) is 6.54 Å². The second-order valence-corrected chi connectivity index (χ2v) is 2.98. The summed E-state index contributed by atoms with van der Waals surface area (Å²) >= 11 is 0. The fraction of sp³-hybridized carbons (Fsp3) is 0.571. The van der Waals surface area contributed by atoms with E-state index in [1.807, 2.05) is 11.7 Å². The first-order valence-electron chi connectivity index (χ1n) is 3.74. The molecule has 1 atom stereocenters. The van der Waals surface area contributed by atoms with Gasteiger partial charge in [0, 0.05) is 25.2 Å². The minimum absolute atomic E-state index is 0.389. The molecule has 0 bridgehead atoms. The summed E-state index contributed by atoms with van der Waals surface area (Å²) in [5, 5.41) is 7.44. The highest BCUT2D eigenvalue weighted by Gasteiger charge is 2.24. The number of rotatable bonds is 0. The molecule has 0 aliphatic carbocycles. The highest BCUT2D eigenvalue weighted by Crippen LogP contribution is 2.27. The summed E-state index contributed by atoms with van der Waals surface area (Å²) in [5.41, 5.74) is 8.07. The Hall–Kier alpha value is -1.03. The standard InChI is InChI=1S/C7H12N4/c1-4-6-5(3-9-4)7(8)10-11(6)2/h4,9H,3H2,1-2H3,(H2,8,10). The molecule has 1 aromatic heterocycles. The lowest BCUT2D eigenvalue weighted by molar-refractivity contribution is 0.577. The Bertz CT molecular complexity index is 289. The van der Waals surface area contributed by atoms with Gasteiger partial charge in [-0.05, 0) is 6.92 Å². The zero-order valence-electron chi connectivity index (χ0n) is 6.76. The zero-order valence-corrected chi connectivity index (χ0v) is 6.76. The molecular formula is C7H12N4. The van der Waals surface area contributed by atoms with Crippen molar-refractivity contribution < 1.29 is 0 Å². The van der Waals surface area contributed by atoms with E-state index in [9.17, 15) is 0 Å². The normalized spacial score (nSPS) is 22.2. The smallest absolute Gasteiger partial charge is 0.150 e. The van der Waals surface area contributed by atoms with Crippen LogP contribution < -0.4 is 11.1 Å². The van der Waals surface area contributed by atoms with Gasteiger partial charge in [-0.2, -0.15) is 5.10 Å². The molecule has 60 valence electrons. The topological polar surface area (TPSA) is 55.9 Å². The number of hydrogen-bond donors (Lipinski definition) is 2. The van der Waals surface area contributed by atoms with Crippen molar-refractivity contribution in [3.8, 4) is 0 Å². The van der Waals surface area contributed by atoms with E-state index in [2.05, 4.69) is 17.3 Å². The van der Waals surface area contributed by atoms with Crippen molar-refractivity contribution in [3.63, 3.8) is 0 Å². The fourth-order valence-electron chi connectivity index (χ4n) is 1.68. The fourth-order valence-corrected chi connectivity index (χ4v) is 1.68. The average Bonchev–Trinajstić information content (AvgIpc) is 2.41. The second-order valence-electron chi connectivity index (χ2n) is 2.98. The zero-order chi connectivity index (χ0) is 8.01. The molecular weight excluding hydrogens is 140 g/mol. The molecule has 0 aromatic carbocycles. The van der Waals surface area contributed by atoms with Gasteiger partial charge in [-0.15, -0.1) is 0 Å². The van der Waals surface area contributed by atoms with E-state index in [1.165, 1.54) is 11.3 Å². The summed E-state index contributed by atoms with van der Waals surface area (Å²) in [6, 6.07) is 0.389. The summed E-state index contributed by atoms with van der Waals surface area (Å²) in [7, 11) is 1.93. The molecule has 0 saturated heterocycles. The van der Waals surface area contributed by atoms with E-state index in [1.54, 1.807) is 0 Å². The van der Waals surface area contributed by atoms with Crippen molar-refractivity contribution >= 4 is 5.82 Å². The highest BCUT2D eigenvalue weighted by atomic mass is 15.3. The number of anilines is 1. The monoisotopic (exact) mass is 152 g/mol. The third kappa shape index (κ3) is 0.758. The van der Waals surface area contributed by atoms with Gasteiger partial charge in [-0.25, -0.2) is 0 Å². The molecule has 2 rings (SSSR count). The molecule has 0 saturated carbocycles. The van der Waals surface area contributed by atoms with Gasteiger partial charge >= 0.3 is 0 Å². The Morgan fingerprint density at radius 3 is 3.09 bits per heavy atom. The van der Waals surface area contributed by atoms with Crippen LogP contribution in [0, 0.1) is 0 Å². The molecule has 1 aliphatic heterocycles. The van der Waals surface area contributed by atoms with E-state index >= 15 is 0 Å². The molecule has 0 fully saturated rings. The van der Waals surface area contributed by atoms with Crippen LogP contribution in [0.3, 0.4) is 0 Å². The lowest BCUT2D eigenvalue weighted by Crippen LogP contribution is -2.12. The maximum absolute atomic E-state index is 5.68.